The third-order valence-electron chi connectivity index (χ3n) is 2.95. The third-order valence-corrected chi connectivity index (χ3v) is 2.95. The lowest BCUT2D eigenvalue weighted by atomic mass is 10.2. The Morgan fingerprint density at radius 3 is 2.69 bits per heavy atom. The van der Waals surface area contributed by atoms with E-state index in [0.717, 1.165) is 38.4 Å². The van der Waals surface area contributed by atoms with Crippen LogP contribution >= 0.6 is 0 Å². The predicted molar refractivity (Wildman–Crippen MR) is 64.2 cm³/mol. The zero-order valence-corrected chi connectivity index (χ0v) is 9.59. The van der Waals surface area contributed by atoms with Gasteiger partial charge in [-0.2, -0.15) is 0 Å². The van der Waals surface area contributed by atoms with E-state index < -0.39 is 0 Å². The molecule has 1 fully saturated rings. The fraction of sp³-hybridized carbons (Fsp3) is 0.500. The van der Waals surface area contributed by atoms with Crippen LogP contribution in [0.5, 0.6) is 0 Å². The molecule has 0 bridgehead atoms. The first-order chi connectivity index (χ1) is 7.77. The molecule has 0 saturated carbocycles. The number of aliphatic imine (C=N–C) groups is 1. The summed E-state index contributed by atoms with van der Waals surface area (Å²) in [4.78, 5) is 19.8. The first kappa shape index (κ1) is 10.9. The maximum atomic E-state index is 11.2. The number of amides is 1. The van der Waals surface area contributed by atoms with E-state index in [0.29, 0.717) is 0 Å². The van der Waals surface area contributed by atoms with E-state index in [-0.39, 0.29) is 5.91 Å². The molecule has 2 aliphatic heterocycles. The summed E-state index contributed by atoms with van der Waals surface area (Å²) in [5.74, 6) is 1.27. The fourth-order valence-electron chi connectivity index (χ4n) is 1.97. The number of hydrogen-bond donors (Lipinski definition) is 0. The molecule has 0 aromatic rings. The van der Waals surface area contributed by atoms with Crippen molar-refractivity contribution < 1.29 is 4.79 Å². The molecule has 0 spiro atoms. The van der Waals surface area contributed by atoms with Crippen molar-refractivity contribution in [3.63, 3.8) is 0 Å². The highest BCUT2D eigenvalue weighted by molar-refractivity contribution is 5.85. The summed E-state index contributed by atoms with van der Waals surface area (Å²) in [6, 6.07) is 0. The minimum atomic E-state index is 0.169. The maximum absolute atomic E-state index is 11.2. The van der Waals surface area contributed by atoms with Crippen LogP contribution in [0.25, 0.3) is 0 Å². The minimum Gasteiger partial charge on any atom is -0.356 e. The van der Waals surface area contributed by atoms with Crippen LogP contribution in [0.3, 0.4) is 0 Å². The maximum Gasteiger partial charge on any atom is 0.219 e. The number of carbonyl (C=O) groups excluding carboxylic acids is 1. The molecule has 1 amide bonds. The topological polar surface area (TPSA) is 35.9 Å². The summed E-state index contributed by atoms with van der Waals surface area (Å²) >= 11 is 0. The zero-order chi connectivity index (χ0) is 11.4. The highest BCUT2D eigenvalue weighted by Crippen LogP contribution is 2.08. The van der Waals surface area contributed by atoms with E-state index in [2.05, 4.69) is 16.0 Å². The summed E-state index contributed by atoms with van der Waals surface area (Å²) in [6.07, 6.45) is 8.78. The molecule has 2 aliphatic rings. The molecule has 2 rings (SSSR count). The van der Waals surface area contributed by atoms with Gasteiger partial charge in [0.1, 0.15) is 5.84 Å². The van der Waals surface area contributed by atoms with Crippen molar-refractivity contribution in [2.75, 3.05) is 26.2 Å². The molecule has 0 atom stereocenters. The smallest absolute Gasteiger partial charge is 0.219 e. The molecular formula is C12H17N3O. The van der Waals surface area contributed by atoms with Crippen molar-refractivity contribution in [1.29, 1.82) is 0 Å². The van der Waals surface area contributed by atoms with Gasteiger partial charge in [-0.1, -0.05) is 12.2 Å². The molecule has 0 aromatic heterocycles. The molecule has 4 nitrogen and oxygen atoms in total. The van der Waals surface area contributed by atoms with Gasteiger partial charge < -0.3 is 9.80 Å². The number of allylic oxidation sites excluding steroid dienone is 2. The Morgan fingerprint density at radius 1 is 1.25 bits per heavy atom. The van der Waals surface area contributed by atoms with Crippen LogP contribution in [0, 0.1) is 0 Å². The van der Waals surface area contributed by atoms with E-state index in [4.69, 9.17) is 0 Å². The highest BCUT2D eigenvalue weighted by Gasteiger charge is 2.20. The molecule has 0 unspecified atom stereocenters. The number of carbonyl (C=O) groups is 1. The lowest BCUT2D eigenvalue weighted by molar-refractivity contribution is -0.130. The van der Waals surface area contributed by atoms with E-state index in [1.165, 1.54) is 0 Å². The van der Waals surface area contributed by atoms with Gasteiger partial charge in [0.2, 0.25) is 5.91 Å². The Morgan fingerprint density at radius 2 is 2.00 bits per heavy atom. The Balaban J connectivity index is 1.94. The average molecular weight is 219 g/mol. The van der Waals surface area contributed by atoms with Gasteiger partial charge in [0.25, 0.3) is 0 Å². The van der Waals surface area contributed by atoms with Crippen LogP contribution in [-0.2, 0) is 4.79 Å². The number of nitrogens with zero attached hydrogens (tertiary/aromatic N) is 3. The average Bonchev–Trinajstić information content (AvgIpc) is 2.57. The molecule has 16 heavy (non-hydrogen) atoms. The van der Waals surface area contributed by atoms with Crippen LogP contribution in [-0.4, -0.2) is 47.7 Å². The highest BCUT2D eigenvalue weighted by atomic mass is 16.2. The van der Waals surface area contributed by atoms with Crippen LogP contribution in [0.15, 0.2) is 29.4 Å². The van der Waals surface area contributed by atoms with Crippen molar-refractivity contribution in [2.45, 2.75) is 13.3 Å². The molecule has 0 aromatic carbocycles. The van der Waals surface area contributed by atoms with Crippen LogP contribution < -0.4 is 0 Å². The Labute approximate surface area is 95.9 Å². The molecular weight excluding hydrogens is 202 g/mol. The van der Waals surface area contributed by atoms with Gasteiger partial charge in [-0.25, -0.2) is 4.99 Å². The summed E-state index contributed by atoms with van der Waals surface area (Å²) in [6.45, 7) is 5.02. The standard InChI is InChI=1S/C12H17N3O/c1-11(16)14-7-9-15(10-8-14)12-5-3-2-4-6-13-12/h2-4,6H,5,7-10H2,1H3. The monoisotopic (exact) mass is 219 g/mol. The third kappa shape index (κ3) is 2.51. The quantitative estimate of drug-likeness (QED) is 0.610. The molecule has 4 heteroatoms. The number of rotatable bonds is 0. The van der Waals surface area contributed by atoms with Crippen LogP contribution in [0.4, 0.5) is 0 Å². The second-order valence-corrected chi connectivity index (χ2v) is 4.01. The van der Waals surface area contributed by atoms with Crippen molar-refractivity contribution >= 4 is 11.7 Å². The van der Waals surface area contributed by atoms with E-state index in [1.807, 2.05) is 23.3 Å². The first-order valence-electron chi connectivity index (χ1n) is 5.66. The summed E-state index contributed by atoms with van der Waals surface area (Å²) in [7, 11) is 0. The fourth-order valence-corrected chi connectivity index (χ4v) is 1.97. The molecule has 86 valence electrons. The van der Waals surface area contributed by atoms with Gasteiger partial charge in [-0.05, 0) is 6.08 Å². The lowest BCUT2D eigenvalue weighted by Crippen LogP contribution is -2.49. The lowest BCUT2D eigenvalue weighted by Gasteiger charge is -2.35. The van der Waals surface area contributed by atoms with Crippen LogP contribution in [0.1, 0.15) is 13.3 Å². The van der Waals surface area contributed by atoms with E-state index in [9.17, 15) is 4.79 Å². The normalized spacial score (nSPS) is 20.7. The number of amidine groups is 1. The Kier molecular flexibility index (Phi) is 3.39. The first-order valence-corrected chi connectivity index (χ1v) is 5.66. The van der Waals surface area contributed by atoms with Crippen molar-refractivity contribution in [1.82, 2.24) is 9.80 Å². The summed E-state index contributed by atoms with van der Waals surface area (Å²) in [5.41, 5.74) is 0. The summed E-state index contributed by atoms with van der Waals surface area (Å²) < 4.78 is 0. The SMILES string of the molecule is CC(=O)N1CCN(C2=NC=CC=CC2)CC1. The van der Waals surface area contributed by atoms with Crippen molar-refractivity contribution in [2.24, 2.45) is 4.99 Å². The minimum absolute atomic E-state index is 0.169. The molecule has 0 radical (unpaired) electrons. The molecule has 0 aliphatic carbocycles. The molecule has 2 heterocycles. The largest absolute Gasteiger partial charge is 0.356 e. The van der Waals surface area contributed by atoms with Gasteiger partial charge in [-0.3, -0.25) is 4.79 Å². The Bertz CT molecular complexity index is 349. The van der Waals surface area contributed by atoms with Gasteiger partial charge >= 0.3 is 0 Å². The predicted octanol–water partition coefficient (Wildman–Crippen LogP) is 1.02. The molecule has 0 N–H and O–H groups in total. The van der Waals surface area contributed by atoms with Gasteiger partial charge in [0, 0.05) is 45.7 Å². The van der Waals surface area contributed by atoms with Crippen molar-refractivity contribution in [3.05, 3.63) is 24.4 Å². The zero-order valence-electron chi connectivity index (χ0n) is 9.59. The summed E-state index contributed by atoms with van der Waals surface area (Å²) in [5, 5.41) is 0. The second kappa shape index (κ2) is 4.96. The van der Waals surface area contributed by atoms with Gasteiger partial charge in [0.05, 0.1) is 0 Å². The number of hydrogen-bond acceptors (Lipinski definition) is 3. The van der Waals surface area contributed by atoms with Gasteiger partial charge in [-0.15, -0.1) is 0 Å². The van der Waals surface area contributed by atoms with E-state index >= 15 is 0 Å². The van der Waals surface area contributed by atoms with Gasteiger partial charge in [0.15, 0.2) is 0 Å². The Hall–Kier alpha value is -1.58. The van der Waals surface area contributed by atoms with Crippen LogP contribution in [0.2, 0.25) is 0 Å². The number of piperazine rings is 1. The van der Waals surface area contributed by atoms with E-state index in [1.54, 1.807) is 6.92 Å². The van der Waals surface area contributed by atoms with Crippen molar-refractivity contribution in [3.8, 4) is 0 Å². The second-order valence-electron chi connectivity index (χ2n) is 4.01. The molecule has 1 saturated heterocycles.